The normalized spacial score (nSPS) is 28.1. The van der Waals surface area contributed by atoms with E-state index < -0.39 is 0 Å². The molecule has 0 bridgehead atoms. The van der Waals surface area contributed by atoms with E-state index in [9.17, 15) is 0 Å². The van der Waals surface area contributed by atoms with Crippen LogP contribution in [0.2, 0.25) is 0 Å². The van der Waals surface area contributed by atoms with Crippen LogP contribution in [-0.2, 0) is 14.2 Å². The van der Waals surface area contributed by atoms with Gasteiger partial charge in [-0.1, -0.05) is 6.92 Å². The van der Waals surface area contributed by atoms with Crippen molar-refractivity contribution in [1.82, 2.24) is 5.32 Å². The lowest BCUT2D eigenvalue weighted by atomic mass is 9.88. The van der Waals surface area contributed by atoms with Crippen molar-refractivity contribution >= 4 is 0 Å². The SMILES string of the molecule is CC1(CNC2COCCOC2)COC1. The van der Waals surface area contributed by atoms with Crippen LogP contribution in [0.1, 0.15) is 6.92 Å². The van der Waals surface area contributed by atoms with Gasteiger partial charge in [0.2, 0.25) is 0 Å². The van der Waals surface area contributed by atoms with E-state index in [1.165, 1.54) is 0 Å². The molecule has 14 heavy (non-hydrogen) atoms. The second-order valence-corrected chi connectivity index (χ2v) is 4.53. The van der Waals surface area contributed by atoms with Crippen LogP contribution >= 0.6 is 0 Å². The molecule has 0 radical (unpaired) electrons. The van der Waals surface area contributed by atoms with Gasteiger partial charge in [0.15, 0.2) is 0 Å². The number of hydrogen-bond donors (Lipinski definition) is 1. The summed E-state index contributed by atoms with van der Waals surface area (Å²) in [4.78, 5) is 0. The van der Waals surface area contributed by atoms with Crippen LogP contribution in [0, 0.1) is 5.41 Å². The molecule has 0 aromatic carbocycles. The van der Waals surface area contributed by atoms with E-state index in [4.69, 9.17) is 14.2 Å². The molecule has 0 amide bonds. The van der Waals surface area contributed by atoms with Crippen LogP contribution in [0.25, 0.3) is 0 Å². The Balaban J connectivity index is 1.68. The lowest BCUT2D eigenvalue weighted by Crippen LogP contribution is -2.51. The van der Waals surface area contributed by atoms with Crippen LogP contribution in [-0.4, -0.2) is 52.2 Å². The first-order valence-corrected chi connectivity index (χ1v) is 5.25. The van der Waals surface area contributed by atoms with Crippen molar-refractivity contribution in [2.24, 2.45) is 5.41 Å². The fraction of sp³-hybridized carbons (Fsp3) is 1.00. The second kappa shape index (κ2) is 4.57. The van der Waals surface area contributed by atoms with Gasteiger partial charge in [0.1, 0.15) is 0 Å². The maximum atomic E-state index is 5.41. The molecular weight excluding hydrogens is 182 g/mol. The highest BCUT2D eigenvalue weighted by Crippen LogP contribution is 2.25. The van der Waals surface area contributed by atoms with Crippen LogP contribution in [0.3, 0.4) is 0 Å². The van der Waals surface area contributed by atoms with Crippen molar-refractivity contribution < 1.29 is 14.2 Å². The molecule has 0 aromatic rings. The highest BCUT2D eigenvalue weighted by atomic mass is 16.5. The summed E-state index contributed by atoms with van der Waals surface area (Å²) in [5.74, 6) is 0. The molecule has 2 saturated heterocycles. The monoisotopic (exact) mass is 201 g/mol. The summed E-state index contributed by atoms with van der Waals surface area (Å²) in [5, 5.41) is 3.47. The number of ether oxygens (including phenoxy) is 3. The summed E-state index contributed by atoms with van der Waals surface area (Å²) in [5.41, 5.74) is 0.326. The third-order valence-corrected chi connectivity index (χ3v) is 2.73. The van der Waals surface area contributed by atoms with Crippen LogP contribution < -0.4 is 5.32 Å². The van der Waals surface area contributed by atoms with Crippen molar-refractivity contribution in [2.45, 2.75) is 13.0 Å². The Labute approximate surface area is 84.9 Å². The second-order valence-electron chi connectivity index (χ2n) is 4.53. The van der Waals surface area contributed by atoms with Gasteiger partial charge in [-0.15, -0.1) is 0 Å². The van der Waals surface area contributed by atoms with Crippen molar-refractivity contribution in [3.05, 3.63) is 0 Å². The third kappa shape index (κ3) is 2.67. The Bertz CT molecular complexity index is 174. The zero-order chi connectivity index (χ0) is 9.86. The smallest absolute Gasteiger partial charge is 0.0701 e. The van der Waals surface area contributed by atoms with Crippen molar-refractivity contribution in [2.75, 3.05) is 46.2 Å². The minimum Gasteiger partial charge on any atom is -0.380 e. The predicted molar refractivity (Wildman–Crippen MR) is 52.4 cm³/mol. The van der Waals surface area contributed by atoms with Crippen LogP contribution in [0.15, 0.2) is 0 Å². The zero-order valence-corrected chi connectivity index (χ0v) is 8.75. The summed E-state index contributed by atoms with van der Waals surface area (Å²) < 4.78 is 16.0. The molecule has 2 aliphatic rings. The largest absolute Gasteiger partial charge is 0.380 e. The van der Waals surface area contributed by atoms with Gasteiger partial charge >= 0.3 is 0 Å². The van der Waals surface area contributed by atoms with Gasteiger partial charge in [0.25, 0.3) is 0 Å². The standard InChI is InChI=1S/C10H19NO3/c1-10(7-14-8-10)6-11-9-4-12-2-3-13-5-9/h9,11H,2-8H2,1H3. The molecule has 0 unspecified atom stereocenters. The maximum absolute atomic E-state index is 5.41. The van der Waals surface area contributed by atoms with E-state index in [2.05, 4.69) is 12.2 Å². The van der Waals surface area contributed by atoms with Gasteiger partial charge in [-0.2, -0.15) is 0 Å². The maximum Gasteiger partial charge on any atom is 0.0701 e. The first-order valence-electron chi connectivity index (χ1n) is 5.25. The van der Waals surface area contributed by atoms with Gasteiger partial charge in [-0.3, -0.25) is 0 Å². The van der Waals surface area contributed by atoms with E-state index in [0.717, 1.165) is 46.2 Å². The molecule has 1 N–H and O–H groups in total. The average molecular weight is 201 g/mol. The van der Waals surface area contributed by atoms with Crippen molar-refractivity contribution in [3.63, 3.8) is 0 Å². The first-order chi connectivity index (χ1) is 6.79. The Morgan fingerprint density at radius 1 is 1.14 bits per heavy atom. The lowest BCUT2D eigenvalue weighted by Gasteiger charge is -2.39. The fourth-order valence-electron chi connectivity index (χ4n) is 1.68. The highest BCUT2D eigenvalue weighted by molar-refractivity contribution is 4.84. The molecular formula is C10H19NO3. The Morgan fingerprint density at radius 2 is 1.79 bits per heavy atom. The molecule has 2 fully saturated rings. The Kier molecular flexibility index (Phi) is 3.38. The average Bonchev–Trinajstić information content (AvgIpc) is 2.40. The molecule has 2 rings (SSSR count). The molecule has 0 atom stereocenters. The zero-order valence-electron chi connectivity index (χ0n) is 8.75. The van der Waals surface area contributed by atoms with E-state index in [0.29, 0.717) is 11.5 Å². The van der Waals surface area contributed by atoms with Gasteiger partial charge in [-0.25, -0.2) is 0 Å². The lowest BCUT2D eigenvalue weighted by molar-refractivity contribution is -0.101. The van der Waals surface area contributed by atoms with E-state index >= 15 is 0 Å². The topological polar surface area (TPSA) is 39.7 Å². The van der Waals surface area contributed by atoms with E-state index in [1.54, 1.807) is 0 Å². The minimum atomic E-state index is 0.326. The van der Waals surface area contributed by atoms with Crippen molar-refractivity contribution in [1.29, 1.82) is 0 Å². The van der Waals surface area contributed by atoms with Gasteiger partial charge in [-0.05, 0) is 0 Å². The van der Waals surface area contributed by atoms with Gasteiger partial charge < -0.3 is 19.5 Å². The van der Waals surface area contributed by atoms with Crippen LogP contribution in [0.5, 0.6) is 0 Å². The van der Waals surface area contributed by atoms with Crippen molar-refractivity contribution in [3.8, 4) is 0 Å². The minimum absolute atomic E-state index is 0.326. The summed E-state index contributed by atoms with van der Waals surface area (Å²) in [7, 11) is 0. The van der Waals surface area contributed by atoms with Gasteiger partial charge in [0, 0.05) is 12.0 Å². The van der Waals surface area contributed by atoms with E-state index in [-0.39, 0.29) is 0 Å². The summed E-state index contributed by atoms with van der Waals surface area (Å²) in [6.45, 7) is 7.93. The van der Waals surface area contributed by atoms with Gasteiger partial charge in [0.05, 0.1) is 45.7 Å². The molecule has 0 saturated carbocycles. The molecule has 0 aromatic heterocycles. The third-order valence-electron chi connectivity index (χ3n) is 2.73. The number of nitrogens with one attached hydrogen (secondary N) is 1. The summed E-state index contributed by atoms with van der Waals surface area (Å²) in [6.07, 6.45) is 0. The molecule has 0 aliphatic carbocycles. The van der Waals surface area contributed by atoms with E-state index in [1.807, 2.05) is 0 Å². The Morgan fingerprint density at radius 3 is 2.29 bits per heavy atom. The molecule has 4 heteroatoms. The predicted octanol–water partition coefficient (Wildman–Crippen LogP) is 0.0279. The first kappa shape index (κ1) is 10.4. The molecule has 4 nitrogen and oxygen atoms in total. The Hall–Kier alpha value is -0.160. The fourth-order valence-corrected chi connectivity index (χ4v) is 1.68. The van der Waals surface area contributed by atoms with Crippen LogP contribution in [0.4, 0.5) is 0 Å². The number of hydrogen-bond acceptors (Lipinski definition) is 4. The molecule has 2 heterocycles. The summed E-state index contributed by atoms with van der Waals surface area (Å²) >= 11 is 0. The molecule has 82 valence electrons. The molecule has 0 spiro atoms. The quantitative estimate of drug-likeness (QED) is 0.699. The number of rotatable bonds is 3. The summed E-state index contributed by atoms with van der Waals surface area (Å²) in [6, 6.07) is 0.343. The highest BCUT2D eigenvalue weighted by Gasteiger charge is 2.33. The molecule has 2 aliphatic heterocycles.